The summed E-state index contributed by atoms with van der Waals surface area (Å²) < 4.78 is 2.48. The predicted octanol–water partition coefficient (Wildman–Crippen LogP) is 2.31. The molecule has 0 aliphatic carbocycles. The molecule has 1 fully saturated rings. The van der Waals surface area contributed by atoms with Crippen LogP contribution in [-0.2, 0) is 25.0 Å². The Hall–Kier alpha value is -3.28. The van der Waals surface area contributed by atoms with E-state index in [-0.39, 0.29) is 30.6 Å². The molecule has 0 spiro atoms. The smallest absolute Gasteiger partial charge is 0.331 e. The Morgan fingerprint density at radius 1 is 1.26 bits per heavy atom. The van der Waals surface area contributed by atoms with Crippen molar-refractivity contribution in [2.75, 3.05) is 18.1 Å². The largest absolute Gasteiger partial charge is 0.389 e. The van der Waals surface area contributed by atoms with E-state index in [1.807, 2.05) is 42.2 Å². The molecule has 2 aromatic heterocycles. The van der Waals surface area contributed by atoms with Gasteiger partial charge in [0.2, 0.25) is 0 Å². The Labute approximate surface area is 206 Å². The van der Waals surface area contributed by atoms with Crippen molar-refractivity contribution in [3.05, 3.63) is 61.6 Å². The third kappa shape index (κ3) is 4.54. The second-order valence-corrected chi connectivity index (χ2v) is 9.49. The first-order chi connectivity index (χ1) is 16.8. The second-order valence-electron chi connectivity index (χ2n) is 8.41. The molecule has 0 radical (unpaired) electrons. The Morgan fingerprint density at radius 3 is 2.57 bits per heavy atom. The van der Waals surface area contributed by atoms with Gasteiger partial charge in [-0.1, -0.05) is 25.1 Å². The van der Waals surface area contributed by atoms with Crippen LogP contribution in [0.15, 0.2) is 39.9 Å². The monoisotopic (exact) mass is 499 g/mol. The summed E-state index contributed by atoms with van der Waals surface area (Å²) in [4.78, 5) is 47.9. The van der Waals surface area contributed by atoms with Gasteiger partial charge in [-0.05, 0) is 25.5 Å². The summed E-state index contributed by atoms with van der Waals surface area (Å²) in [6, 6.07) is 9.42. The van der Waals surface area contributed by atoms with E-state index >= 15 is 0 Å². The molecule has 1 aromatic carbocycles. The highest BCUT2D eigenvalue weighted by Crippen LogP contribution is 2.33. The predicted molar refractivity (Wildman–Crippen MR) is 135 cm³/mol. The normalized spacial score (nSPS) is 15.7. The van der Waals surface area contributed by atoms with E-state index < -0.39 is 23.3 Å². The number of aliphatic hydroxyl groups is 1. The number of rotatable bonds is 7. The molecule has 11 heteroatoms. The number of hydrogen-bond acceptors (Lipinski definition) is 7. The number of amides is 1. The SMILES string of the molecule is CCCC(=N)N(Cc1sc2c(c1C(=O)N1CC(O)CO1)c(=O)n(C)c(=O)n2CC)c1ccccc1. The molecule has 0 bridgehead atoms. The third-order valence-electron chi connectivity index (χ3n) is 5.98. The fourth-order valence-corrected chi connectivity index (χ4v) is 5.52. The lowest BCUT2D eigenvalue weighted by atomic mass is 10.1. The lowest BCUT2D eigenvalue weighted by Gasteiger charge is -2.25. The Balaban J connectivity index is 1.94. The van der Waals surface area contributed by atoms with E-state index in [1.54, 1.807) is 6.92 Å². The summed E-state index contributed by atoms with van der Waals surface area (Å²) in [5.41, 5.74) is -0.0824. The summed E-state index contributed by atoms with van der Waals surface area (Å²) in [5.74, 6) is -0.167. The minimum Gasteiger partial charge on any atom is -0.389 e. The fraction of sp³-hybridized carbons (Fsp3) is 0.417. The molecule has 1 unspecified atom stereocenters. The Morgan fingerprint density at radius 2 is 1.97 bits per heavy atom. The van der Waals surface area contributed by atoms with Crippen LogP contribution in [0.5, 0.6) is 0 Å². The van der Waals surface area contributed by atoms with Crippen molar-refractivity contribution in [2.45, 2.75) is 45.9 Å². The van der Waals surface area contributed by atoms with Crippen molar-refractivity contribution >= 4 is 39.0 Å². The number of carbonyl (C=O) groups is 1. The number of hydroxylamine groups is 2. The Bertz CT molecular complexity index is 1380. The molecule has 1 atom stereocenters. The molecule has 35 heavy (non-hydrogen) atoms. The molecule has 1 saturated heterocycles. The summed E-state index contributed by atoms with van der Waals surface area (Å²) in [6.07, 6.45) is 0.490. The van der Waals surface area contributed by atoms with Gasteiger partial charge in [-0.25, -0.2) is 9.86 Å². The number of nitrogens with zero attached hydrogens (tertiary/aromatic N) is 4. The van der Waals surface area contributed by atoms with E-state index in [0.29, 0.717) is 28.5 Å². The van der Waals surface area contributed by atoms with Gasteiger partial charge in [0.15, 0.2) is 0 Å². The maximum Gasteiger partial charge on any atom is 0.331 e. The van der Waals surface area contributed by atoms with Gasteiger partial charge < -0.3 is 10.0 Å². The van der Waals surface area contributed by atoms with Gasteiger partial charge >= 0.3 is 5.69 Å². The van der Waals surface area contributed by atoms with Crippen molar-refractivity contribution in [3.8, 4) is 0 Å². The molecule has 4 rings (SSSR count). The van der Waals surface area contributed by atoms with E-state index in [0.717, 1.165) is 21.7 Å². The van der Waals surface area contributed by atoms with Crippen LogP contribution in [0, 0.1) is 5.41 Å². The van der Waals surface area contributed by atoms with Crippen LogP contribution >= 0.6 is 11.3 Å². The molecule has 1 amide bonds. The van der Waals surface area contributed by atoms with Crippen LogP contribution in [0.2, 0.25) is 0 Å². The Kier molecular flexibility index (Phi) is 7.20. The molecule has 2 N–H and O–H groups in total. The number of hydrogen-bond donors (Lipinski definition) is 2. The first-order valence-electron chi connectivity index (χ1n) is 11.6. The first kappa shape index (κ1) is 24.8. The van der Waals surface area contributed by atoms with Crippen LogP contribution < -0.4 is 16.1 Å². The van der Waals surface area contributed by atoms with Gasteiger partial charge in [-0.15, -0.1) is 11.3 Å². The molecule has 186 valence electrons. The average Bonchev–Trinajstić information content (AvgIpc) is 3.45. The highest BCUT2D eigenvalue weighted by molar-refractivity contribution is 7.19. The molecular weight excluding hydrogens is 470 g/mol. The maximum atomic E-state index is 13.6. The van der Waals surface area contributed by atoms with Crippen LogP contribution in [0.3, 0.4) is 0 Å². The minimum absolute atomic E-state index is 0.0158. The number of anilines is 1. The van der Waals surface area contributed by atoms with Gasteiger partial charge in [0.1, 0.15) is 23.4 Å². The van der Waals surface area contributed by atoms with E-state index in [2.05, 4.69) is 0 Å². The first-order valence-corrected chi connectivity index (χ1v) is 12.4. The average molecular weight is 500 g/mol. The van der Waals surface area contributed by atoms with Crippen molar-refractivity contribution in [1.29, 1.82) is 5.41 Å². The van der Waals surface area contributed by atoms with Gasteiger partial charge in [0, 0.05) is 30.6 Å². The van der Waals surface area contributed by atoms with E-state index in [9.17, 15) is 19.5 Å². The minimum atomic E-state index is -0.817. The number of carbonyl (C=O) groups excluding carboxylic acids is 1. The number of aryl methyl sites for hydroxylation is 1. The van der Waals surface area contributed by atoms with Crippen molar-refractivity contribution in [1.82, 2.24) is 14.2 Å². The van der Waals surface area contributed by atoms with Crippen LogP contribution in [0.1, 0.15) is 41.9 Å². The van der Waals surface area contributed by atoms with Crippen molar-refractivity contribution in [2.24, 2.45) is 7.05 Å². The number of para-hydroxylation sites is 1. The van der Waals surface area contributed by atoms with Gasteiger partial charge in [-0.3, -0.25) is 29.0 Å². The standard InChI is InChI=1S/C24H29N5O5S/c1-4-9-18(25)28(15-10-7-6-8-11-15)13-17-19(22(32)29-12-16(30)14-34-29)20-21(31)26(3)24(33)27(5-2)23(20)35-17/h6-8,10-11,16,25,30H,4-5,9,12-14H2,1-3H3. The molecule has 1 aliphatic rings. The van der Waals surface area contributed by atoms with Crippen LogP contribution in [0.25, 0.3) is 10.2 Å². The zero-order chi connectivity index (χ0) is 25.3. The molecule has 10 nitrogen and oxygen atoms in total. The molecular formula is C24H29N5O5S. The lowest BCUT2D eigenvalue weighted by Crippen LogP contribution is -2.38. The summed E-state index contributed by atoms with van der Waals surface area (Å²) in [6.45, 7) is 4.26. The number of nitrogens with one attached hydrogen (secondary N) is 1. The number of amidine groups is 1. The quantitative estimate of drug-likeness (QED) is 0.380. The highest BCUT2D eigenvalue weighted by Gasteiger charge is 2.33. The van der Waals surface area contributed by atoms with Gasteiger partial charge in [0.05, 0.1) is 24.0 Å². The number of β-amino-alcohol motifs (C(OH)–C–C–N with tert-alkyl or cyclic N) is 1. The van der Waals surface area contributed by atoms with Crippen molar-refractivity contribution in [3.63, 3.8) is 0 Å². The topological polar surface area (TPSA) is 121 Å². The van der Waals surface area contributed by atoms with E-state index in [1.165, 1.54) is 23.0 Å². The lowest BCUT2D eigenvalue weighted by molar-refractivity contribution is -0.0778. The van der Waals surface area contributed by atoms with Crippen LogP contribution in [0.4, 0.5) is 5.69 Å². The van der Waals surface area contributed by atoms with Crippen molar-refractivity contribution < 1.29 is 14.7 Å². The second kappa shape index (κ2) is 10.1. The molecule has 1 aliphatic heterocycles. The summed E-state index contributed by atoms with van der Waals surface area (Å²) in [7, 11) is 1.39. The zero-order valence-electron chi connectivity index (χ0n) is 20.0. The van der Waals surface area contributed by atoms with E-state index in [4.69, 9.17) is 10.2 Å². The number of benzene rings is 1. The summed E-state index contributed by atoms with van der Waals surface area (Å²) >= 11 is 1.20. The third-order valence-corrected chi connectivity index (χ3v) is 7.18. The maximum absolute atomic E-state index is 13.6. The van der Waals surface area contributed by atoms with Gasteiger partial charge in [-0.2, -0.15) is 0 Å². The zero-order valence-corrected chi connectivity index (χ0v) is 20.8. The number of fused-ring (bicyclic) bond motifs is 1. The van der Waals surface area contributed by atoms with Gasteiger partial charge in [0.25, 0.3) is 11.5 Å². The number of aromatic nitrogens is 2. The molecule has 3 aromatic rings. The number of thiophene rings is 1. The molecule has 0 saturated carbocycles. The highest BCUT2D eigenvalue weighted by atomic mass is 32.1. The van der Waals surface area contributed by atoms with Crippen LogP contribution in [-0.4, -0.2) is 50.3 Å². The molecule has 3 heterocycles. The summed E-state index contributed by atoms with van der Waals surface area (Å²) in [5, 5.41) is 19.8. The number of aliphatic hydroxyl groups excluding tert-OH is 1. The fourth-order valence-electron chi connectivity index (χ4n) is 4.20.